The number of hydrogen-bond acceptors (Lipinski definition) is 4. The van der Waals surface area contributed by atoms with Gasteiger partial charge in [0.25, 0.3) is 0 Å². The number of ether oxygens (including phenoxy) is 1. The molecule has 0 aromatic heterocycles. The summed E-state index contributed by atoms with van der Waals surface area (Å²) < 4.78 is 5.24. The largest absolute Gasteiger partial charge is 0.497 e. The lowest BCUT2D eigenvalue weighted by atomic mass is 9.98. The van der Waals surface area contributed by atoms with Crippen molar-refractivity contribution in [1.29, 1.82) is 0 Å². The number of nitrogens with one attached hydrogen (secondary N) is 2. The van der Waals surface area contributed by atoms with E-state index in [9.17, 15) is 0 Å². The Balaban J connectivity index is 1.71. The molecular weight excluding hydrogens is 350 g/mol. The third kappa shape index (κ3) is 7.68. The van der Waals surface area contributed by atoms with Crippen LogP contribution in [-0.2, 0) is 0 Å². The molecule has 0 saturated carbocycles. The van der Waals surface area contributed by atoms with Crippen LogP contribution in [0.1, 0.15) is 38.7 Å². The predicted molar refractivity (Wildman–Crippen MR) is 119 cm³/mol. The second-order valence-electron chi connectivity index (χ2n) is 7.43. The van der Waals surface area contributed by atoms with Crippen LogP contribution in [0.3, 0.4) is 0 Å². The van der Waals surface area contributed by atoms with Crippen LogP contribution < -0.4 is 15.4 Å². The maximum Gasteiger partial charge on any atom is 0.191 e. The van der Waals surface area contributed by atoms with Gasteiger partial charge in [0.15, 0.2) is 5.96 Å². The molecule has 2 rings (SSSR count). The fourth-order valence-corrected chi connectivity index (χ4v) is 3.47. The summed E-state index contributed by atoms with van der Waals surface area (Å²) in [7, 11) is 1.70. The lowest BCUT2D eigenvalue weighted by Gasteiger charge is -2.34. The highest BCUT2D eigenvalue weighted by Crippen LogP contribution is 2.21. The molecule has 28 heavy (non-hydrogen) atoms. The molecule has 6 heteroatoms. The predicted octanol–water partition coefficient (Wildman–Crippen LogP) is 2.38. The number of methoxy groups -OCH3 is 1. The molecule has 1 aliphatic rings. The van der Waals surface area contributed by atoms with Crippen LogP contribution in [0.2, 0.25) is 0 Å². The van der Waals surface area contributed by atoms with Gasteiger partial charge in [0.2, 0.25) is 0 Å². The van der Waals surface area contributed by atoms with Crippen LogP contribution in [0.4, 0.5) is 0 Å². The van der Waals surface area contributed by atoms with E-state index in [1.54, 1.807) is 7.11 Å². The Labute approximate surface area is 171 Å². The zero-order valence-corrected chi connectivity index (χ0v) is 18.2. The molecule has 1 heterocycles. The SMILES string of the molecule is CCNC(=NCCC(C)c1ccc(OC)cc1)NCCN1CCN(CC)CC1. The summed E-state index contributed by atoms with van der Waals surface area (Å²) in [5.74, 6) is 2.31. The first-order valence-electron chi connectivity index (χ1n) is 10.8. The number of nitrogens with zero attached hydrogens (tertiary/aromatic N) is 3. The van der Waals surface area contributed by atoms with Crippen molar-refractivity contribution < 1.29 is 4.74 Å². The zero-order valence-electron chi connectivity index (χ0n) is 18.2. The normalized spacial score (nSPS) is 17.4. The van der Waals surface area contributed by atoms with Crippen molar-refractivity contribution in [3.8, 4) is 5.75 Å². The van der Waals surface area contributed by atoms with Gasteiger partial charge < -0.3 is 20.3 Å². The number of guanidine groups is 1. The Hall–Kier alpha value is -1.79. The minimum atomic E-state index is 0.479. The van der Waals surface area contributed by atoms with Gasteiger partial charge >= 0.3 is 0 Å². The minimum absolute atomic E-state index is 0.479. The quantitative estimate of drug-likeness (QED) is 0.475. The molecule has 0 spiro atoms. The summed E-state index contributed by atoms with van der Waals surface area (Å²) >= 11 is 0. The average Bonchev–Trinajstić information content (AvgIpc) is 2.74. The van der Waals surface area contributed by atoms with E-state index in [1.807, 2.05) is 12.1 Å². The summed E-state index contributed by atoms with van der Waals surface area (Å²) in [5, 5.41) is 6.85. The molecule has 1 unspecified atom stereocenters. The summed E-state index contributed by atoms with van der Waals surface area (Å²) in [4.78, 5) is 9.81. The fraction of sp³-hybridized carbons (Fsp3) is 0.682. The molecule has 0 aliphatic carbocycles. The van der Waals surface area contributed by atoms with Gasteiger partial charge in [-0.3, -0.25) is 9.89 Å². The van der Waals surface area contributed by atoms with Gasteiger partial charge in [-0.25, -0.2) is 0 Å². The standard InChI is InChI=1S/C22H39N5O/c1-5-23-22(25-13-14-27-17-15-26(6-2)16-18-27)24-12-11-19(3)20-7-9-21(28-4)10-8-20/h7-10,19H,5-6,11-18H2,1-4H3,(H2,23,24,25). The second kappa shape index (κ2) is 12.6. The fourth-order valence-electron chi connectivity index (χ4n) is 3.47. The van der Waals surface area contributed by atoms with E-state index in [0.717, 1.165) is 50.9 Å². The Bertz CT molecular complexity index is 567. The molecule has 1 saturated heterocycles. The first-order valence-corrected chi connectivity index (χ1v) is 10.8. The van der Waals surface area contributed by atoms with Crippen molar-refractivity contribution in [2.75, 3.05) is 66.0 Å². The van der Waals surface area contributed by atoms with Gasteiger partial charge in [0.05, 0.1) is 7.11 Å². The number of likely N-dealkylation sites (N-methyl/N-ethyl adjacent to an activating group) is 1. The Kier molecular flexibility index (Phi) is 10.1. The molecule has 1 aliphatic heterocycles. The minimum Gasteiger partial charge on any atom is -0.497 e. The van der Waals surface area contributed by atoms with E-state index in [4.69, 9.17) is 9.73 Å². The molecule has 1 atom stereocenters. The third-order valence-electron chi connectivity index (χ3n) is 5.49. The molecule has 0 radical (unpaired) electrons. The lowest BCUT2D eigenvalue weighted by molar-refractivity contribution is 0.139. The average molecular weight is 390 g/mol. The Morgan fingerprint density at radius 3 is 2.36 bits per heavy atom. The molecule has 158 valence electrons. The highest BCUT2D eigenvalue weighted by molar-refractivity contribution is 5.79. The maximum absolute atomic E-state index is 5.24. The van der Waals surface area contributed by atoms with Crippen LogP contribution >= 0.6 is 0 Å². The highest BCUT2D eigenvalue weighted by Gasteiger charge is 2.14. The van der Waals surface area contributed by atoms with Crippen molar-refractivity contribution in [2.45, 2.75) is 33.1 Å². The second-order valence-corrected chi connectivity index (χ2v) is 7.43. The molecule has 1 fully saturated rings. The topological polar surface area (TPSA) is 52.1 Å². The molecule has 0 amide bonds. The van der Waals surface area contributed by atoms with Gasteiger partial charge in [-0.2, -0.15) is 0 Å². The number of rotatable bonds is 10. The van der Waals surface area contributed by atoms with Gasteiger partial charge in [0.1, 0.15) is 5.75 Å². The highest BCUT2D eigenvalue weighted by atomic mass is 16.5. The van der Waals surface area contributed by atoms with Crippen molar-refractivity contribution in [2.24, 2.45) is 4.99 Å². The van der Waals surface area contributed by atoms with E-state index in [0.29, 0.717) is 5.92 Å². The van der Waals surface area contributed by atoms with Gasteiger partial charge in [-0.05, 0) is 43.5 Å². The molecule has 1 aromatic rings. The van der Waals surface area contributed by atoms with Gasteiger partial charge in [-0.15, -0.1) is 0 Å². The molecule has 1 aromatic carbocycles. The molecule has 6 nitrogen and oxygen atoms in total. The van der Waals surface area contributed by atoms with E-state index in [2.05, 4.69) is 53.3 Å². The van der Waals surface area contributed by atoms with Gasteiger partial charge in [-0.1, -0.05) is 26.0 Å². The number of hydrogen-bond donors (Lipinski definition) is 2. The van der Waals surface area contributed by atoms with Crippen molar-refractivity contribution in [3.05, 3.63) is 29.8 Å². The van der Waals surface area contributed by atoms with Crippen LogP contribution in [0.5, 0.6) is 5.75 Å². The van der Waals surface area contributed by atoms with Crippen LogP contribution in [0.25, 0.3) is 0 Å². The maximum atomic E-state index is 5.24. The number of piperazine rings is 1. The Morgan fingerprint density at radius 1 is 1.07 bits per heavy atom. The first-order chi connectivity index (χ1) is 13.7. The van der Waals surface area contributed by atoms with E-state index in [1.165, 1.54) is 31.7 Å². The summed E-state index contributed by atoms with van der Waals surface area (Å²) in [6.07, 6.45) is 1.03. The van der Waals surface area contributed by atoms with E-state index in [-0.39, 0.29) is 0 Å². The zero-order chi connectivity index (χ0) is 20.2. The summed E-state index contributed by atoms with van der Waals surface area (Å²) in [6, 6.07) is 8.35. The Morgan fingerprint density at radius 2 is 1.75 bits per heavy atom. The third-order valence-corrected chi connectivity index (χ3v) is 5.49. The first kappa shape index (κ1) is 22.5. The van der Waals surface area contributed by atoms with Crippen LogP contribution in [0.15, 0.2) is 29.3 Å². The van der Waals surface area contributed by atoms with E-state index < -0.39 is 0 Å². The van der Waals surface area contributed by atoms with E-state index >= 15 is 0 Å². The van der Waals surface area contributed by atoms with Crippen molar-refractivity contribution in [3.63, 3.8) is 0 Å². The molecular formula is C22H39N5O. The summed E-state index contributed by atoms with van der Waals surface area (Å²) in [5.41, 5.74) is 1.33. The summed E-state index contributed by atoms with van der Waals surface area (Å²) in [6.45, 7) is 16.2. The lowest BCUT2D eigenvalue weighted by Crippen LogP contribution is -2.49. The smallest absolute Gasteiger partial charge is 0.191 e. The van der Waals surface area contributed by atoms with Crippen molar-refractivity contribution >= 4 is 5.96 Å². The number of aliphatic imine (C=N–C) groups is 1. The van der Waals surface area contributed by atoms with Crippen LogP contribution in [-0.4, -0.2) is 81.8 Å². The molecule has 2 N–H and O–H groups in total. The van der Waals surface area contributed by atoms with Crippen LogP contribution in [0, 0.1) is 0 Å². The molecule has 0 bridgehead atoms. The monoisotopic (exact) mass is 389 g/mol. The number of benzene rings is 1. The van der Waals surface area contributed by atoms with Crippen molar-refractivity contribution in [1.82, 2.24) is 20.4 Å². The van der Waals surface area contributed by atoms with Gasteiger partial charge in [0, 0.05) is 52.4 Å².